The highest BCUT2D eigenvalue weighted by Gasteiger charge is 2.12. The lowest BCUT2D eigenvalue weighted by molar-refractivity contribution is -0.139. The number of ether oxygens (including phenoxy) is 2. The molecule has 0 bridgehead atoms. The summed E-state index contributed by atoms with van der Waals surface area (Å²) in [4.78, 5) is 23.3. The average Bonchev–Trinajstić information content (AvgIpc) is 2.51. The van der Waals surface area contributed by atoms with Gasteiger partial charge in [-0.2, -0.15) is 0 Å². The highest BCUT2D eigenvalue weighted by atomic mass is 16.5. The zero-order valence-electron chi connectivity index (χ0n) is 13.3. The van der Waals surface area contributed by atoms with E-state index in [2.05, 4.69) is 10.6 Å². The Labute approximate surface area is 131 Å². The van der Waals surface area contributed by atoms with E-state index >= 15 is 0 Å². The Morgan fingerprint density at radius 2 is 1.91 bits per heavy atom. The molecule has 0 saturated heterocycles. The first-order valence-corrected chi connectivity index (χ1v) is 7.33. The van der Waals surface area contributed by atoms with Crippen LogP contribution in [0.4, 0.5) is 0 Å². The molecule has 1 rings (SSSR count). The number of hydrogen-bond acceptors (Lipinski definition) is 4. The van der Waals surface area contributed by atoms with E-state index in [4.69, 9.17) is 9.47 Å². The van der Waals surface area contributed by atoms with E-state index in [9.17, 15) is 9.59 Å². The SMILES string of the molecule is COc1cccc(CNC(=O)C(=O)NCCCOC(C)C)c1. The standard InChI is InChI=1S/C16H24N2O4/c1-12(2)22-9-5-8-17-15(19)16(20)18-11-13-6-4-7-14(10-13)21-3/h4,6-7,10,12H,5,8-9,11H2,1-3H3,(H,17,19)(H,18,20). The van der Waals surface area contributed by atoms with Crippen molar-refractivity contribution in [1.29, 1.82) is 0 Å². The second-order valence-corrected chi connectivity index (χ2v) is 5.06. The van der Waals surface area contributed by atoms with Crippen LogP contribution in [-0.4, -0.2) is 38.2 Å². The molecule has 0 aliphatic heterocycles. The molecule has 1 aromatic rings. The number of benzene rings is 1. The molecule has 0 unspecified atom stereocenters. The quantitative estimate of drug-likeness (QED) is 0.559. The van der Waals surface area contributed by atoms with E-state index in [1.165, 1.54) is 0 Å². The predicted octanol–water partition coefficient (Wildman–Crippen LogP) is 1.24. The lowest BCUT2D eigenvalue weighted by Gasteiger charge is -2.09. The van der Waals surface area contributed by atoms with Gasteiger partial charge in [-0.05, 0) is 38.0 Å². The van der Waals surface area contributed by atoms with Gasteiger partial charge in [0.05, 0.1) is 13.2 Å². The molecule has 22 heavy (non-hydrogen) atoms. The molecule has 0 fully saturated rings. The van der Waals surface area contributed by atoms with Gasteiger partial charge < -0.3 is 20.1 Å². The van der Waals surface area contributed by atoms with Gasteiger partial charge in [0.25, 0.3) is 0 Å². The van der Waals surface area contributed by atoms with E-state index in [-0.39, 0.29) is 12.6 Å². The number of nitrogens with one attached hydrogen (secondary N) is 2. The molecule has 0 saturated carbocycles. The Balaban J connectivity index is 2.25. The molecule has 122 valence electrons. The van der Waals surface area contributed by atoms with Crippen LogP contribution in [0.2, 0.25) is 0 Å². The number of amides is 2. The number of hydrogen-bond donors (Lipinski definition) is 2. The minimum absolute atomic E-state index is 0.168. The first-order valence-electron chi connectivity index (χ1n) is 7.33. The van der Waals surface area contributed by atoms with Crippen molar-refractivity contribution < 1.29 is 19.1 Å². The van der Waals surface area contributed by atoms with E-state index in [1.54, 1.807) is 13.2 Å². The molecule has 0 aliphatic rings. The molecular weight excluding hydrogens is 284 g/mol. The third-order valence-electron chi connectivity index (χ3n) is 2.85. The molecule has 0 aliphatic carbocycles. The molecule has 2 N–H and O–H groups in total. The van der Waals surface area contributed by atoms with E-state index in [0.717, 1.165) is 5.56 Å². The third kappa shape index (κ3) is 7.08. The van der Waals surface area contributed by atoms with Gasteiger partial charge >= 0.3 is 11.8 Å². The summed E-state index contributed by atoms with van der Waals surface area (Å²) in [5.41, 5.74) is 0.867. The Kier molecular flexibility index (Phi) is 7.99. The van der Waals surface area contributed by atoms with E-state index in [0.29, 0.717) is 25.3 Å². The fourth-order valence-corrected chi connectivity index (χ4v) is 1.72. The Bertz CT molecular complexity index is 489. The summed E-state index contributed by atoms with van der Waals surface area (Å²) < 4.78 is 10.4. The zero-order chi connectivity index (χ0) is 16.4. The highest BCUT2D eigenvalue weighted by Crippen LogP contribution is 2.11. The van der Waals surface area contributed by atoms with Crippen LogP contribution in [0, 0.1) is 0 Å². The highest BCUT2D eigenvalue weighted by molar-refractivity contribution is 6.35. The summed E-state index contributed by atoms with van der Waals surface area (Å²) in [6, 6.07) is 7.30. The molecule has 0 radical (unpaired) electrons. The second kappa shape index (κ2) is 9.78. The molecule has 1 aromatic carbocycles. The maximum atomic E-state index is 11.7. The molecular formula is C16H24N2O4. The molecule has 0 aromatic heterocycles. The summed E-state index contributed by atoms with van der Waals surface area (Å²) in [6.07, 6.45) is 0.842. The average molecular weight is 308 g/mol. The van der Waals surface area contributed by atoms with Crippen LogP contribution in [0.3, 0.4) is 0 Å². The smallest absolute Gasteiger partial charge is 0.309 e. The van der Waals surface area contributed by atoms with E-state index < -0.39 is 11.8 Å². The van der Waals surface area contributed by atoms with Gasteiger partial charge in [-0.25, -0.2) is 0 Å². The third-order valence-corrected chi connectivity index (χ3v) is 2.85. The van der Waals surface area contributed by atoms with Crippen LogP contribution in [0.25, 0.3) is 0 Å². The number of carbonyl (C=O) groups excluding carboxylic acids is 2. The topological polar surface area (TPSA) is 76.7 Å². The minimum atomic E-state index is -0.646. The molecule has 6 heteroatoms. The van der Waals surface area contributed by atoms with Crippen LogP contribution in [0.15, 0.2) is 24.3 Å². The van der Waals surface area contributed by atoms with Crippen LogP contribution in [0.1, 0.15) is 25.8 Å². The summed E-state index contributed by atoms with van der Waals surface area (Å²) in [5.74, 6) is -0.568. The van der Waals surface area contributed by atoms with Gasteiger partial charge in [0.2, 0.25) is 0 Å². The van der Waals surface area contributed by atoms with Gasteiger partial charge in [0.1, 0.15) is 5.75 Å². The molecule has 2 amide bonds. The summed E-state index contributed by atoms with van der Waals surface area (Å²) in [5, 5.41) is 5.13. The Morgan fingerprint density at radius 3 is 2.59 bits per heavy atom. The normalized spacial score (nSPS) is 10.4. The number of carbonyl (C=O) groups is 2. The van der Waals surface area contributed by atoms with Crippen LogP contribution in [0.5, 0.6) is 5.75 Å². The summed E-state index contributed by atoms with van der Waals surface area (Å²) in [6.45, 7) is 5.15. The van der Waals surface area contributed by atoms with Crippen molar-refractivity contribution in [2.24, 2.45) is 0 Å². The Morgan fingerprint density at radius 1 is 1.18 bits per heavy atom. The van der Waals surface area contributed by atoms with Crippen molar-refractivity contribution in [2.45, 2.75) is 32.9 Å². The fraction of sp³-hybridized carbons (Fsp3) is 0.500. The van der Waals surface area contributed by atoms with Crippen LogP contribution < -0.4 is 15.4 Å². The second-order valence-electron chi connectivity index (χ2n) is 5.06. The first kappa shape index (κ1) is 18.0. The minimum Gasteiger partial charge on any atom is -0.497 e. The van der Waals surface area contributed by atoms with Gasteiger partial charge in [0, 0.05) is 19.7 Å². The molecule has 6 nitrogen and oxygen atoms in total. The van der Waals surface area contributed by atoms with Crippen molar-refractivity contribution in [3.8, 4) is 5.75 Å². The van der Waals surface area contributed by atoms with Crippen LogP contribution >= 0.6 is 0 Å². The Hall–Kier alpha value is -2.08. The van der Waals surface area contributed by atoms with Crippen molar-refractivity contribution in [3.63, 3.8) is 0 Å². The van der Waals surface area contributed by atoms with Gasteiger partial charge in [0.15, 0.2) is 0 Å². The number of methoxy groups -OCH3 is 1. The van der Waals surface area contributed by atoms with Crippen molar-refractivity contribution >= 4 is 11.8 Å². The first-order chi connectivity index (χ1) is 10.5. The summed E-state index contributed by atoms with van der Waals surface area (Å²) in [7, 11) is 1.58. The van der Waals surface area contributed by atoms with Crippen LogP contribution in [-0.2, 0) is 20.9 Å². The maximum Gasteiger partial charge on any atom is 0.309 e. The molecule has 0 atom stereocenters. The van der Waals surface area contributed by atoms with Crippen molar-refractivity contribution in [2.75, 3.05) is 20.3 Å². The lowest BCUT2D eigenvalue weighted by Crippen LogP contribution is -2.40. The van der Waals surface area contributed by atoms with Crippen molar-refractivity contribution in [3.05, 3.63) is 29.8 Å². The van der Waals surface area contributed by atoms with Crippen molar-refractivity contribution in [1.82, 2.24) is 10.6 Å². The number of rotatable bonds is 8. The molecule has 0 spiro atoms. The summed E-state index contributed by atoms with van der Waals surface area (Å²) >= 11 is 0. The maximum absolute atomic E-state index is 11.7. The molecule has 0 heterocycles. The fourth-order valence-electron chi connectivity index (χ4n) is 1.72. The predicted molar refractivity (Wildman–Crippen MR) is 83.6 cm³/mol. The van der Waals surface area contributed by atoms with Gasteiger partial charge in [-0.3, -0.25) is 9.59 Å². The zero-order valence-corrected chi connectivity index (χ0v) is 13.3. The lowest BCUT2D eigenvalue weighted by atomic mass is 10.2. The van der Waals surface area contributed by atoms with Gasteiger partial charge in [-0.15, -0.1) is 0 Å². The van der Waals surface area contributed by atoms with Gasteiger partial charge in [-0.1, -0.05) is 12.1 Å². The monoisotopic (exact) mass is 308 g/mol. The largest absolute Gasteiger partial charge is 0.497 e. The van der Waals surface area contributed by atoms with E-state index in [1.807, 2.05) is 32.0 Å².